The Balaban J connectivity index is 1.95. The number of primary amides is 1. The second-order valence-corrected chi connectivity index (χ2v) is 9.28. The van der Waals surface area contributed by atoms with Gasteiger partial charge in [0.1, 0.15) is 22.8 Å². The molecule has 1 amide bonds. The summed E-state index contributed by atoms with van der Waals surface area (Å²) in [6.45, 7) is 0.417. The molecule has 3 aliphatic rings. The highest BCUT2D eigenvalue weighted by molar-refractivity contribution is 6.24. The van der Waals surface area contributed by atoms with Crippen LogP contribution in [0.1, 0.15) is 23.1 Å². The number of aromatic hydroxyl groups is 1. The lowest BCUT2D eigenvalue weighted by Gasteiger charge is -2.50. The summed E-state index contributed by atoms with van der Waals surface area (Å²) < 4.78 is 0. The van der Waals surface area contributed by atoms with E-state index in [-0.39, 0.29) is 29.7 Å². The first kappa shape index (κ1) is 24.5. The topological polar surface area (TPSA) is 173 Å². The summed E-state index contributed by atoms with van der Waals surface area (Å²) in [4.78, 5) is 40.3. The van der Waals surface area contributed by atoms with Crippen molar-refractivity contribution in [1.29, 1.82) is 0 Å². The Kier molecular flexibility index (Phi) is 5.97. The molecule has 0 bridgehead atoms. The van der Waals surface area contributed by atoms with E-state index in [9.17, 15) is 34.8 Å². The van der Waals surface area contributed by atoms with E-state index in [1.54, 1.807) is 27.2 Å². The Morgan fingerprint density at radius 1 is 1.26 bits per heavy atom. The fraction of sp³-hybridized carbons (Fsp3) is 0.400. The SMILES string of the molecule is CNCC#Cc1ccc(O)c2c1C[C@H]1C[C@H]3[C@@H](N(C)C)C(=O)C(C(N)=O)=C(O)[C@]3(O)C(=O)C1=C2O. The molecule has 1 aromatic carbocycles. The maximum atomic E-state index is 13.7. The molecule has 0 aliphatic heterocycles. The molecule has 1 aromatic rings. The molecule has 0 heterocycles. The van der Waals surface area contributed by atoms with Crippen molar-refractivity contribution in [2.75, 3.05) is 27.7 Å². The van der Waals surface area contributed by atoms with Gasteiger partial charge in [0.2, 0.25) is 5.78 Å². The fourth-order valence-electron chi connectivity index (χ4n) is 5.59. The number of aliphatic hydroxyl groups is 3. The zero-order valence-electron chi connectivity index (χ0n) is 19.5. The summed E-state index contributed by atoms with van der Waals surface area (Å²) in [5.41, 5.74) is 2.77. The molecule has 1 saturated carbocycles. The molecular weight excluding hydrogens is 454 g/mol. The summed E-state index contributed by atoms with van der Waals surface area (Å²) in [6, 6.07) is 1.86. The Morgan fingerprint density at radius 3 is 2.54 bits per heavy atom. The van der Waals surface area contributed by atoms with E-state index in [4.69, 9.17) is 5.73 Å². The van der Waals surface area contributed by atoms with Crippen LogP contribution in [0.5, 0.6) is 5.75 Å². The van der Waals surface area contributed by atoms with Crippen LogP contribution in [0.3, 0.4) is 0 Å². The van der Waals surface area contributed by atoms with E-state index in [0.717, 1.165) is 0 Å². The van der Waals surface area contributed by atoms with E-state index in [0.29, 0.717) is 17.7 Å². The molecule has 0 unspecified atom stereocenters. The number of phenols is 1. The van der Waals surface area contributed by atoms with Crippen molar-refractivity contribution in [3.8, 4) is 17.6 Å². The molecule has 10 heteroatoms. The highest BCUT2D eigenvalue weighted by Crippen LogP contribution is 2.52. The van der Waals surface area contributed by atoms with E-state index >= 15 is 0 Å². The molecule has 35 heavy (non-hydrogen) atoms. The third kappa shape index (κ3) is 3.43. The number of nitrogens with two attached hydrogens (primary N) is 1. The first-order valence-electron chi connectivity index (χ1n) is 11.1. The average molecular weight is 482 g/mol. The number of amides is 1. The number of likely N-dealkylation sites (N-methyl/N-ethyl adjacent to an activating group) is 1. The molecule has 0 saturated heterocycles. The summed E-state index contributed by atoms with van der Waals surface area (Å²) in [5, 5.41) is 47.0. The molecule has 0 aromatic heterocycles. The zero-order chi connectivity index (χ0) is 25.8. The summed E-state index contributed by atoms with van der Waals surface area (Å²) in [7, 11) is 4.86. The van der Waals surface area contributed by atoms with Crippen molar-refractivity contribution in [3.63, 3.8) is 0 Å². The van der Waals surface area contributed by atoms with Crippen molar-refractivity contribution in [2.24, 2.45) is 17.6 Å². The molecule has 3 aliphatic carbocycles. The predicted octanol–water partition coefficient (Wildman–Crippen LogP) is -0.465. The number of nitrogens with zero attached hydrogens (tertiary/aromatic N) is 1. The fourth-order valence-corrected chi connectivity index (χ4v) is 5.59. The molecule has 7 N–H and O–H groups in total. The Labute approximate surface area is 201 Å². The Bertz CT molecular complexity index is 1280. The standard InChI is InChI=1S/C25H27N3O7/c1-27-8-4-5-11-6-7-15(29)17-13(11)9-12-10-14-19(28(2)3)21(31)18(24(26)34)23(33)25(14,35)22(32)16(12)20(17)30/h6-7,12,14,19,27,29-30,33,35H,8-10H2,1-3H3,(H2,26,34)/t12-,14-,19+,25+/m0/s1. The number of phenolic OH excluding ortho intramolecular Hbond substituents is 1. The number of fused-ring (bicyclic) bond motifs is 3. The maximum Gasteiger partial charge on any atom is 0.255 e. The van der Waals surface area contributed by atoms with Crippen LogP contribution in [0.15, 0.2) is 29.0 Å². The van der Waals surface area contributed by atoms with E-state index in [2.05, 4.69) is 17.2 Å². The first-order valence-corrected chi connectivity index (χ1v) is 11.1. The van der Waals surface area contributed by atoms with Gasteiger partial charge >= 0.3 is 0 Å². The quantitative estimate of drug-likeness (QED) is 0.246. The lowest BCUT2D eigenvalue weighted by molar-refractivity contribution is -0.153. The number of ketones is 2. The Morgan fingerprint density at radius 2 is 1.94 bits per heavy atom. The highest BCUT2D eigenvalue weighted by atomic mass is 16.3. The number of carbonyl (C=O) groups is 3. The van der Waals surface area contributed by atoms with Gasteiger partial charge in [-0.3, -0.25) is 19.3 Å². The second kappa shape index (κ2) is 8.53. The van der Waals surface area contributed by atoms with E-state index in [1.807, 2.05) is 0 Å². The lowest BCUT2D eigenvalue weighted by atomic mass is 9.57. The Hall–Kier alpha value is -3.65. The number of aliphatic hydroxyl groups excluding tert-OH is 2. The zero-order valence-corrected chi connectivity index (χ0v) is 19.5. The van der Waals surface area contributed by atoms with Gasteiger partial charge in [-0.15, -0.1) is 0 Å². The minimum absolute atomic E-state index is 0.0255. The van der Waals surface area contributed by atoms with Crippen LogP contribution in [-0.4, -0.2) is 82.1 Å². The maximum absolute atomic E-state index is 13.7. The van der Waals surface area contributed by atoms with Gasteiger partial charge in [-0.2, -0.15) is 0 Å². The monoisotopic (exact) mass is 481 g/mol. The molecule has 0 spiro atoms. The number of carbonyl (C=O) groups excluding carboxylic acids is 3. The van der Waals surface area contributed by atoms with Crippen molar-refractivity contribution in [2.45, 2.75) is 24.5 Å². The molecule has 10 nitrogen and oxygen atoms in total. The van der Waals surface area contributed by atoms with Crippen molar-refractivity contribution in [1.82, 2.24) is 10.2 Å². The first-order chi connectivity index (χ1) is 16.5. The normalized spacial score (nSPS) is 27.7. The van der Waals surface area contributed by atoms with Crippen LogP contribution >= 0.6 is 0 Å². The van der Waals surface area contributed by atoms with E-state index < -0.39 is 58.0 Å². The van der Waals surface area contributed by atoms with Gasteiger partial charge in [0.15, 0.2) is 11.4 Å². The van der Waals surface area contributed by atoms with Crippen LogP contribution in [0.4, 0.5) is 0 Å². The van der Waals surface area contributed by atoms with Gasteiger partial charge in [0.25, 0.3) is 5.91 Å². The van der Waals surface area contributed by atoms with Gasteiger partial charge in [-0.25, -0.2) is 0 Å². The van der Waals surface area contributed by atoms with Crippen molar-refractivity contribution >= 4 is 23.2 Å². The number of hydrogen-bond donors (Lipinski definition) is 6. The average Bonchev–Trinajstić information content (AvgIpc) is 2.77. The summed E-state index contributed by atoms with van der Waals surface area (Å²) in [5.74, 6) is -0.815. The third-order valence-electron chi connectivity index (χ3n) is 7.09. The summed E-state index contributed by atoms with van der Waals surface area (Å²) >= 11 is 0. The number of rotatable bonds is 3. The van der Waals surface area contributed by atoms with Crippen LogP contribution < -0.4 is 11.1 Å². The molecule has 184 valence electrons. The van der Waals surface area contributed by atoms with Crippen LogP contribution in [-0.2, 0) is 20.8 Å². The summed E-state index contributed by atoms with van der Waals surface area (Å²) in [6.07, 6.45) is 0.233. The molecule has 0 radical (unpaired) electrons. The van der Waals surface area contributed by atoms with Gasteiger partial charge in [0.05, 0.1) is 18.2 Å². The number of nitrogens with one attached hydrogen (secondary N) is 1. The second-order valence-electron chi connectivity index (χ2n) is 9.28. The minimum Gasteiger partial charge on any atom is -0.508 e. The van der Waals surface area contributed by atoms with Gasteiger partial charge < -0.3 is 31.5 Å². The molecule has 4 rings (SSSR count). The smallest absolute Gasteiger partial charge is 0.255 e. The molecular formula is C25H27N3O7. The van der Waals surface area contributed by atoms with Crippen LogP contribution in [0.25, 0.3) is 5.76 Å². The van der Waals surface area contributed by atoms with Crippen LogP contribution in [0.2, 0.25) is 0 Å². The van der Waals surface area contributed by atoms with Crippen molar-refractivity contribution < 1.29 is 34.8 Å². The highest BCUT2D eigenvalue weighted by Gasteiger charge is 2.64. The number of hydrogen-bond acceptors (Lipinski definition) is 9. The lowest BCUT2D eigenvalue weighted by Crippen LogP contribution is -2.65. The van der Waals surface area contributed by atoms with Crippen LogP contribution in [0, 0.1) is 23.7 Å². The van der Waals surface area contributed by atoms with Crippen molar-refractivity contribution in [3.05, 3.63) is 45.7 Å². The van der Waals surface area contributed by atoms with Gasteiger partial charge in [0, 0.05) is 17.1 Å². The number of benzene rings is 1. The van der Waals surface area contributed by atoms with E-state index in [1.165, 1.54) is 11.0 Å². The largest absolute Gasteiger partial charge is 0.508 e. The molecule has 4 atom stereocenters. The molecule has 1 fully saturated rings. The third-order valence-corrected chi connectivity index (χ3v) is 7.09. The predicted molar refractivity (Wildman–Crippen MR) is 125 cm³/mol. The number of Topliss-reactive ketones (excluding diaryl/α,β-unsaturated/α-hetero) is 2. The van der Waals surface area contributed by atoms with Gasteiger partial charge in [-0.1, -0.05) is 11.8 Å². The van der Waals surface area contributed by atoms with Gasteiger partial charge in [-0.05, 0) is 57.6 Å². The minimum atomic E-state index is -2.65.